The Hall–Kier alpha value is -2.50. The number of alkyl halides is 2. The number of hydrogen-bond acceptors (Lipinski definition) is 3. The van der Waals surface area contributed by atoms with Crippen LogP contribution < -0.4 is 4.74 Å². The van der Waals surface area contributed by atoms with E-state index in [1.807, 2.05) is 20.0 Å². The third-order valence-corrected chi connectivity index (χ3v) is 3.09. The van der Waals surface area contributed by atoms with Crippen LogP contribution in [-0.2, 0) is 6.54 Å². The molecule has 0 atom stereocenters. The molecule has 4 nitrogen and oxygen atoms in total. The first kappa shape index (κ1) is 15.9. The first-order valence-corrected chi connectivity index (χ1v) is 6.81. The van der Waals surface area contributed by atoms with Crippen LogP contribution in [-0.4, -0.2) is 22.2 Å². The van der Waals surface area contributed by atoms with Crippen molar-refractivity contribution in [1.82, 2.24) is 9.78 Å². The Morgan fingerprint density at radius 3 is 2.59 bits per heavy atom. The zero-order chi connectivity index (χ0) is 16.1. The van der Waals surface area contributed by atoms with Crippen molar-refractivity contribution in [2.24, 2.45) is 0 Å². The minimum Gasteiger partial charge on any atom is -0.435 e. The monoisotopic (exact) mass is 306 g/mol. The van der Waals surface area contributed by atoms with E-state index in [4.69, 9.17) is 0 Å². The first-order valence-electron chi connectivity index (χ1n) is 6.81. The van der Waals surface area contributed by atoms with Crippen molar-refractivity contribution in [3.8, 4) is 5.75 Å². The number of rotatable bonds is 6. The van der Waals surface area contributed by atoms with Crippen LogP contribution in [0.25, 0.3) is 6.08 Å². The highest BCUT2D eigenvalue weighted by atomic mass is 19.3. The average Bonchev–Trinajstić information content (AvgIpc) is 2.85. The molecule has 1 aromatic carbocycles. The summed E-state index contributed by atoms with van der Waals surface area (Å²) in [6.07, 6.45) is 4.99. The number of benzene rings is 1. The van der Waals surface area contributed by atoms with Gasteiger partial charge in [0.25, 0.3) is 0 Å². The van der Waals surface area contributed by atoms with E-state index in [9.17, 15) is 13.6 Å². The van der Waals surface area contributed by atoms with Crippen LogP contribution in [0.4, 0.5) is 8.78 Å². The van der Waals surface area contributed by atoms with Crippen molar-refractivity contribution in [2.75, 3.05) is 0 Å². The smallest absolute Gasteiger partial charge is 0.387 e. The summed E-state index contributed by atoms with van der Waals surface area (Å²) in [6, 6.07) is 5.58. The second-order valence-electron chi connectivity index (χ2n) is 4.63. The molecule has 116 valence electrons. The molecule has 2 rings (SSSR count). The molecule has 0 spiro atoms. The van der Waals surface area contributed by atoms with E-state index in [0.717, 1.165) is 17.8 Å². The molecular weight excluding hydrogens is 290 g/mol. The van der Waals surface area contributed by atoms with Crippen molar-refractivity contribution in [2.45, 2.75) is 27.0 Å². The number of ether oxygens (including phenoxy) is 1. The number of allylic oxidation sites excluding steroid dienone is 1. The van der Waals surface area contributed by atoms with Crippen molar-refractivity contribution in [1.29, 1.82) is 0 Å². The van der Waals surface area contributed by atoms with Crippen LogP contribution >= 0.6 is 0 Å². The largest absolute Gasteiger partial charge is 0.435 e. The summed E-state index contributed by atoms with van der Waals surface area (Å²) in [5, 5.41) is 4.29. The molecule has 0 bridgehead atoms. The van der Waals surface area contributed by atoms with Crippen LogP contribution in [0.1, 0.15) is 28.5 Å². The second kappa shape index (κ2) is 6.98. The average molecular weight is 306 g/mol. The third kappa shape index (κ3) is 4.00. The number of nitrogens with zero attached hydrogens (tertiary/aromatic N) is 2. The zero-order valence-corrected chi connectivity index (χ0v) is 12.3. The van der Waals surface area contributed by atoms with E-state index in [1.54, 1.807) is 10.8 Å². The molecule has 1 heterocycles. The number of halogens is 2. The molecule has 0 saturated heterocycles. The maximum absolute atomic E-state index is 12.0. The van der Waals surface area contributed by atoms with Crippen LogP contribution in [0.5, 0.6) is 5.75 Å². The summed E-state index contributed by atoms with van der Waals surface area (Å²) in [7, 11) is 0. The summed E-state index contributed by atoms with van der Waals surface area (Å²) >= 11 is 0. The van der Waals surface area contributed by atoms with Gasteiger partial charge in [0.15, 0.2) is 5.78 Å². The second-order valence-corrected chi connectivity index (χ2v) is 4.63. The molecule has 1 aromatic heterocycles. The maximum atomic E-state index is 12.0. The first-order chi connectivity index (χ1) is 10.5. The van der Waals surface area contributed by atoms with E-state index in [0.29, 0.717) is 5.56 Å². The molecule has 2 aromatic rings. The molecule has 22 heavy (non-hydrogen) atoms. The molecule has 6 heteroatoms. The number of aryl methyl sites for hydroxylation is 2. The van der Waals surface area contributed by atoms with Gasteiger partial charge in [-0.05, 0) is 50.3 Å². The highest BCUT2D eigenvalue weighted by molar-refractivity contribution is 6.06. The van der Waals surface area contributed by atoms with Gasteiger partial charge in [-0.25, -0.2) is 0 Å². The lowest BCUT2D eigenvalue weighted by atomic mass is 10.1. The molecule has 0 radical (unpaired) electrons. The van der Waals surface area contributed by atoms with Gasteiger partial charge < -0.3 is 4.74 Å². The van der Waals surface area contributed by atoms with Crippen LogP contribution in [0, 0.1) is 6.92 Å². The predicted octanol–water partition coefficient (Wildman–Crippen LogP) is 3.71. The van der Waals surface area contributed by atoms with Gasteiger partial charge in [-0.15, -0.1) is 0 Å². The Morgan fingerprint density at radius 1 is 1.36 bits per heavy atom. The Morgan fingerprint density at radius 2 is 2.05 bits per heavy atom. The van der Waals surface area contributed by atoms with E-state index in [-0.39, 0.29) is 11.5 Å². The van der Waals surface area contributed by atoms with Gasteiger partial charge in [0.2, 0.25) is 0 Å². The fourth-order valence-corrected chi connectivity index (χ4v) is 1.92. The quantitative estimate of drug-likeness (QED) is 0.603. The SMILES string of the molecule is CCn1cc(C=CC(=O)c2ccc(OC(F)F)cc2)c(C)n1. The highest BCUT2D eigenvalue weighted by Gasteiger charge is 2.07. The Bertz CT molecular complexity index is 676. The molecule has 0 N–H and O–H groups in total. The molecule has 0 amide bonds. The van der Waals surface area contributed by atoms with Gasteiger partial charge in [0.1, 0.15) is 5.75 Å². The Balaban J connectivity index is 2.08. The summed E-state index contributed by atoms with van der Waals surface area (Å²) in [6.45, 7) is 1.73. The molecule has 0 aliphatic rings. The number of carbonyl (C=O) groups is 1. The van der Waals surface area contributed by atoms with E-state index >= 15 is 0 Å². The topological polar surface area (TPSA) is 44.1 Å². The molecule has 0 unspecified atom stereocenters. The fraction of sp³-hybridized carbons (Fsp3) is 0.250. The Kier molecular flexibility index (Phi) is 5.04. The number of hydrogen-bond donors (Lipinski definition) is 0. The minimum atomic E-state index is -2.88. The molecule has 0 fully saturated rings. The molecule has 0 saturated carbocycles. The standard InChI is InChI=1S/C16H16F2N2O2/c1-3-20-10-13(11(2)19-20)6-9-15(21)12-4-7-14(8-5-12)22-16(17)18/h4-10,16H,3H2,1-2H3. The molecule has 0 aliphatic carbocycles. The lowest BCUT2D eigenvalue weighted by Gasteiger charge is -2.04. The normalized spacial score (nSPS) is 11.3. The van der Waals surface area contributed by atoms with E-state index < -0.39 is 6.61 Å². The van der Waals surface area contributed by atoms with Gasteiger partial charge in [0, 0.05) is 23.9 Å². The number of ketones is 1. The fourth-order valence-electron chi connectivity index (χ4n) is 1.92. The zero-order valence-electron chi connectivity index (χ0n) is 12.3. The van der Waals surface area contributed by atoms with Gasteiger partial charge >= 0.3 is 6.61 Å². The van der Waals surface area contributed by atoms with Crippen molar-refractivity contribution in [3.05, 3.63) is 53.4 Å². The van der Waals surface area contributed by atoms with Crippen LogP contribution in [0.3, 0.4) is 0 Å². The van der Waals surface area contributed by atoms with E-state index in [1.165, 1.54) is 30.3 Å². The van der Waals surface area contributed by atoms with Crippen molar-refractivity contribution >= 4 is 11.9 Å². The maximum Gasteiger partial charge on any atom is 0.387 e. The van der Waals surface area contributed by atoms with Crippen LogP contribution in [0.15, 0.2) is 36.5 Å². The van der Waals surface area contributed by atoms with Crippen LogP contribution in [0.2, 0.25) is 0 Å². The van der Waals surface area contributed by atoms with Gasteiger partial charge in [-0.1, -0.05) is 0 Å². The molecule has 0 aliphatic heterocycles. The summed E-state index contributed by atoms with van der Waals surface area (Å²) in [4.78, 5) is 12.0. The minimum absolute atomic E-state index is 0.0237. The highest BCUT2D eigenvalue weighted by Crippen LogP contribution is 2.16. The summed E-state index contributed by atoms with van der Waals surface area (Å²) in [5.74, 6) is -0.192. The predicted molar refractivity (Wildman–Crippen MR) is 79.1 cm³/mol. The number of aromatic nitrogens is 2. The lowest BCUT2D eigenvalue weighted by molar-refractivity contribution is -0.0498. The van der Waals surface area contributed by atoms with Crippen molar-refractivity contribution < 1.29 is 18.3 Å². The Labute approximate surface area is 127 Å². The summed E-state index contributed by atoms with van der Waals surface area (Å²) < 4.78 is 30.1. The summed E-state index contributed by atoms with van der Waals surface area (Å²) in [5.41, 5.74) is 2.11. The van der Waals surface area contributed by atoms with Gasteiger partial charge in [-0.2, -0.15) is 13.9 Å². The van der Waals surface area contributed by atoms with Gasteiger partial charge in [-0.3, -0.25) is 9.48 Å². The van der Waals surface area contributed by atoms with Gasteiger partial charge in [0.05, 0.1) is 5.69 Å². The van der Waals surface area contributed by atoms with Crippen molar-refractivity contribution in [3.63, 3.8) is 0 Å². The lowest BCUT2D eigenvalue weighted by Crippen LogP contribution is -2.02. The third-order valence-electron chi connectivity index (χ3n) is 3.09. The number of carbonyl (C=O) groups excluding carboxylic acids is 1. The molecular formula is C16H16F2N2O2. The van der Waals surface area contributed by atoms with E-state index in [2.05, 4.69) is 9.84 Å².